The molecule has 0 aliphatic heterocycles. The Morgan fingerprint density at radius 1 is 1.34 bits per heavy atom. The molecule has 2 N–H and O–H groups in total. The largest absolute Gasteiger partial charge is 0.401 e. The normalized spacial score (nSPS) is 14.0. The number of nitrogens with zero attached hydrogens (tertiary/aromatic N) is 3. The molecule has 0 bridgehead atoms. The standard InChI is InChI=1S/C21H26N4O2S2/c1-3-4-5-6-10-25-20(27)18-14-8-7-9-17(14)29-19(18)24-21(25)28-12-16(26)15(11-22)13(2)23/h3-10,12,23H2,1-2H3/b15-13+. The minimum atomic E-state index is -0.335. The number of hydrogen-bond donors (Lipinski definition) is 1. The van der Waals surface area contributed by atoms with Crippen molar-refractivity contribution in [2.45, 2.75) is 70.5 Å². The second-order valence-electron chi connectivity index (χ2n) is 7.33. The third kappa shape index (κ3) is 4.57. The Hall–Kier alpha value is -2.11. The van der Waals surface area contributed by atoms with E-state index < -0.39 is 0 Å². The van der Waals surface area contributed by atoms with Crippen molar-refractivity contribution in [3.05, 3.63) is 32.1 Å². The van der Waals surface area contributed by atoms with Gasteiger partial charge >= 0.3 is 0 Å². The summed E-state index contributed by atoms with van der Waals surface area (Å²) in [6.07, 6.45) is 7.27. The molecule has 6 nitrogen and oxygen atoms in total. The van der Waals surface area contributed by atoms with E-state index >= 15 is 0 Å². The molecule has 0 radical (unpaired) electrons. The number of carbonyl (C=O) groups excluding carboxylic acids is 1. The number of allylic oxidation sites excluding steroid dienone is 2. The van der Waals surface area contributed by atoms with Crippen molar-refractivity contribution in [3.8, 4) is 6.07 Å². The van der Waals surface area contributed by atoms with Gasteiger partial charge in [0.1, 0.15) is 16.5 Å². The van der Waals surface area contributed by atoms with Crippen LogP contribution in [0.5, 0.6) is 0 Å². The van der Waals surface area contributed by atoms with Crippen LogP contribution < -0.4 is 11.3 Å². The predicted octanol–water partition coefficient (Wildman–Crippen LogP) is 3.94. The monoisotopic (exact) mass is 430 g/mol. The molecular formula is C21H26N4O2S2. The molecular weight excluding hydrogens is 404 g/mol. The van der Waals surface area contributed by atoms with E-state index in [2.05, 4.69) is 6.92 Å². The lowest BCUT2D eigenvalue weighted by Gasteiger charge is -2.12. The van der Waals surface area contributed by atoms with Crippen molar-refractivity contribution in [2.75, 3.05) is 5.75 Å². The number of aromatic nitrogens is 2. The fourth-order valence-electron chi connectivity index (χ4n) is 3.63. The topological polar surface area (TPSA) is 102 Å². The van der Waals surface area contributed by atoms with Gasteiger partial charge in [0.05, 0.1) is 11.1 Å². The number of hydrogen-bond acceptors (Lipinski definition) is 7. The molecule has 154 valence electrons. The van der Waals surface area contributed by atoms with Gasteiger partial charge in [0, 0.05) is 17.1 Å². The summed E-state index contributed by atoms with van der Waals surface area (Å²) in [4.78, 5) is 32.5. The molecule has 0 unspecified atom stereocenters. The summed E-state index contributed by atoms with van der Waals surface area (Å²) in [6.45, 7) is 4.29. The predicted molar refractivity (Wildman–Crippen MR) is 118 cm³/mol. The van der Waals surface area contributed by atoms with E-state index in [1.54, 1.807) is 22.8 Å². The Morgan fingerprint density at radius 3 is 2.83 bits per heavy atom. The summed E-state index contributed by atoms with van der Waals surface area (Å²) in [6, 6.07) is 1.87. The Balaban J connectivity index is 1.94. The summed E-state index contributed by atoms with van der Waals surface area (Å²) in [5, 5.41) is 10.5. The first-order chi connectivity index (χ1) is 14.0. The second kappa shape index (κ2) is 9.59. The zero-order valence-electron chi connectivity index (χ0n) is 16.9. The zero-order chi connectivity index (χ0) is 21.0. The number of ketones is 1. The molecule has 3 rings (SSSR count). The van der Waals surface area contributed by atoms with Crippen LogP contribution in [0.2, 0.25) is 0 Å². The van der Waals surface area contributed by atoms with E-state index in [0.717, 1.165) is 55.2 Å². The highest BCUT2D eigenvalue weighted by Gasteiger charge is 2.24. The highest BCUT2D eigenvalue weighted by Crippen LogP contribution is 2.35. The first-order valence-corrected chi connectivity index (χ1v) is 11.9. The first-order valence-electron chi connectivity index (χ1n) is 10.0. The van der Waals surface area contributed by atoms with Crippen LogP contribution in [0.3, 0.4) is 0 Å². The molecule has 2 aromatic heterocycles. The fraction of sp³-hybridized carbons (Fsp3) is 0.524. The summed E-state index contributed by atoms with van der Waals surface area (Å²) in [5.74, 6) is -0.298. The number of carbonyl (C=O) groups is 1. The van der Waals surface area contributed by atoms with Crippen molar-refractivity contribution in [2.24, 2.45) is 5.73 Å². The van der Waals surface area contributed by atoms with Gasteiger partial charge in [-0.3, -0.25) is 14.2 Å². The van der Waals surface area contributed by atoms with Crippen LogP contribution in [0.1, 0.15) is 56.4 Å². The summed E-state index contributed by atoms with van der Waals surface area (Å²) in [5.41, 5.74) is 7.01. The SMILES string of the molecule is CCCCCCn1c(SCC(=O)/C(C#N)=C(\C)N)nc2sc3c(c2c1=O)CCC3. The lowest BCUT2D eigenvalue weighted by Crippen LogP contribution is -2.24. The van der Waals surface area contributed by atoms with Gasteiger partial charge < -0.3 is 5.73 Å². The van der Waals surface area contributed by atoms with Crippen LogP contribution >= 0.6 is 23.1 Å². The summed E-state index contributed by atoms with van der Waals surface area (Å²) >= 11 is 2.82. The quantitative estimate of drug-likeness (QED) is 0.212. The Bertz CT molecular complexity index is 1060. The smallest absolute Gasteiger partial charge is 0.263 e. The fourth-order valence-corrected chi connectivity index (χ4v) is 5.83. The van der Waals surface area contributed by atoms with E-state index in [0.29, 0.717) is 11.7 Å². The van der Waals surface area contributed by atoms with Crippen LogP contribution in [0.25, 0.3) is 10.2 Å². The highest BCUT2D eigenvalue weighted by molar-refractivity contribution is 7.99. The van der Waals surface area contributed by atoms with Gasteiger partial charge in [-0.2, -0.15) is 5.26 Å². The molecule has 2 aromatic rings. The van der Waals surface area contributed by atoms with E-state index in [1.165, 1.54) is 22.2 Å². The number of unbranched alkanes of at least 4 members (excludes halogenated alkanes) is 3. The van der Waals surface area contributed by atoms with Crippen molar-refractivity contribution >= 4 is 39.1 Å². The van der Waals surface area contributed by atoms with Crippen molar-refractivity contribution in [3.63, 3.8) is 0 Å². The third-order valence-corrected chi connectivity index (χ3v) is 7.30. The van der Waals surface area contributed by atoms with Gasteiger partial charge in [-0.15, -0.1) is 11.3 Å². The van der Waals surface area contributed by atoms with E-state index in [1.807, 2.05) is 6.07 Å². The van der Waals surface area contributed by atoms with E-state index in [9.17, 15) is 9.59 Å². The Morgan fingerprint density at radius 2 is 2.14 bits per heavy atom. The van der Waals surface area contributed by atoms with Crippen molar-refractivity contribution in [1.82, 2.24) is 9.55 Å². The van der Waals surface area contributed by atoms with Crippen molar-refractivity contribution < 1.29 is 4.79 Å². The average molecular weight is 431 g/mol. The maximum atomic E-state index is 13.3. The number of rotatable bonds is 9. The molecule has 2 heterocycles. The molecule has 0 spiro atoms. The Labute approximate surface area is 178 Å². The maximum Gasteiger partial charge on any atom is 0.263 e. The molecule has 0 amide bonds. The van der Waals surface area contributed by atoms with Crippen LogP contribution in [-0.4, -0.2) is 21.1 Å². The molecule has 0 saturated heterocycles. The zero-order valence-corrected chi connectivity index (χ0v) is 18.5. The molecule has 1 aliphatic rings. The lowest BCUT2D eigenvalue weighted by molar-refractivity contribution is -0.112. The number of Topliss-reactive ketones (excluding diaryl/α,β-unsaturated/α-hetero) is 1. The van der Waals surface area contributed by atoms with E-state index in [4.69, 9.17) is 16.0 Å². The van der Waals surface area contributed by atoms with Crippen LogP contribution in [0.4, 0.5) is 0 Å². The maximum absolute atomic E-state index is 13.3. The lowest BCUT2D eigenvalue weighted by atomic mass is 10.2. The van der Waals surface area contributed by atoms with Crippen LogP contribution in [0.15, 0.2) is 21.2 Å². The molecule has 0 saturated carbocycles. The number of thiophene rings is 1. The third-order valence-electron chi connectivity index (χ3n) is 5.14. The average Bonchev–Trinajstić information content (AvgIpc) is 3.26. The molecule has 0 fully saturated rings. The molecule has 0 aromatic carbocycles. The van der Waals surface area contributed by atoms with Crippen LogP contribution in [0, 0.1) is 11.3 Å². The van der Waals surface area contributed by atoms with Gasteiger partial charge in [-0.1, -0.05) is 37.9 Å². The Kier molecular flexibility index (Phi) is 7.14. The van der Waals surface area contributed by atoms with Crippen molar-refractivity contribution in [1.29, 1.82) is 5.26 Å². The van der Waals surface area contributed by atoms with Gasteiger partial charge in [0.15, 0.2) is 10.9 Å². The first kappa shape index (κ1) is 21.6. The van der Waals surface area contributed by atoms with E-state index in [-0.39, 0.29) is 28.4 Å². The molecule has 8 heteroatoms. The van der Waals surface area contributed by atoms with Gasteiger partial charge in [-0.05, 0) is 38.2 Å². The van der Waals surface area contributed by atoms with Gasteiger partial charge in [-0.25, -0.2) is 4.98 Å². The summed E-state index contributed by atoms with van der Waals surface area (Å²) < 4.78 is 1.73. The number of nitriles is 1. The van der Waals surface area contributed by atoms with Gasteiger partial charge in [0.2, 0.25) is 0 Å². The molecule has 0 atom stereocenters. The minimum absolute atomic E-state index is 0.00639. The molecule has 29 heavy (non-hydrogen) atoms. The van der Waals surface area contributed by atoms with Gasteiger partial charge in [0.25, 0.3) is 5.56 Å². The minimum Gasteiger partial charge on any atom is -0.401 e. The highest BCUT2D eigenvalue weighted by atomic mass is 32.2. The number of aryl methyl sites for hydroxylation is 2. The van der Waals surface area contributed by atoms with Crippen LogP contribution in [-0.2, 0) is 24.2 Å². The number of fused-ring (bicyclic) bond motifs is 3. The molecule has 1 aliphatic carbocycles. The second-order valence-corrected chi connectivity index (χ2v) is 9.36. The number of thioether (sulfide) groups is 1. The number of nitrogens with two attached hydrogens (primary N) is 1. The summed E-state index contributed by atoms with van der Waals surface area (Å²) in [7, 11) is 0.